The summed E-state index contributed by atoms with van der Waals surface area (Å²) in [7, 11) is 0. The van der Waals surface area contributed by atoms with Crippen LogP contribution in [0.5, 0.6) is 0 Å². The number of rotatable bonds is 6. The lowest BCUT2D eigenvalue weighted by Crippen LogP contribution is -2.17. The van der Waals surface area contributed by atoms with Crippen LogP contribution < -0.4 is 0 Å². The summed E-state index contributed by atoms with van der Waals surface area (Å²) in [6.07, 6.45) is 1.35. The molecule has 0 saturated heterocycles. The molecule has 0 aliphatic heterocycles. The molecule has 0 aliphatic carbocycles. The summed E-state index contributed by atoms with van der Waals surface area (Å²) in [6, 6.07) is 8.49. The first-order valence-electron chi connectivity index (χ1n) is 7.57. The molecule has 2 atom stereocenters. The van der Waals surface area contributed by atoms with Gasteiger partial charge in [-0.2, -0.15) is 5.26 Å². The van der Waals surface area contributed by atoms with Crippen molar-refractivity contribution in [2.75, 3.05) is 6.61 Å². The third kappa shape index (κ3) is 4.74. The van der Waals surface area contributed by atoms with Gasteiger partial charge in [0.25, 0.3) is 0 Å². The van der Waals surface area contributed by atoms with Gasteiger partial charge in [-0.1, -0.05) is 23.7 Å². The van der Waals surface area contributed by atoms with E-state index in [9.17, 15) is 18.8 Å². The molecule has 0 aliphatic rings. The lowest BCUT2D eigenvalue weighted by Gasteiger charge is -2.22. The number of esters is 1. The predicted molar refractivity (Wildman–Crippen MR) is 88.0 cm³/mol. The molecule has 0 fully saturated rings. The zero-order valence-electron chi connectivity index (χ0n) is 13.4. The molecule has 0 spiro atoms. The Bertz CT molecular complexity index is 791. The normalized spacial score (nSPS) is 12.9. The number of nitriles is 1. The van der Waals surface area contributed by atoms with Crippen LogP contribution in [0.25, 0.3) is 0 Å². The zero-order chi connectivity index (χ0) is 18.4. The number of hydrogen-bond acceptors (Lipinski definition) is 4. The van der Waals surface area contributed by atoms with Crippen molar-refractivity contribution in [1.29, 1.82) is 5.26 Å². The van der Waals surface area contributed by atoms with Gasteiger partial charge in [-0.05, 0) is 36.2 Å². The molecule has 0 amide bonds. The Morgan fingerprint density at radius 3 is 2.56 bits per heavy atom. The minimum Gasteiger partial charge on any atom is -0.466 e. The van der Waals surface area contributed by atoms with Gasteiger partial charge in [0.2, 0.25) is 0 Å². The standard InChI is InChI=1S/C18H15ClF2N2O2/c1-2-25-18(24)8-13(12-4-6-17(19)23-10-12)14(9-22)11-3-5-15(20)16(21)7-11/h3-7,10,13-14H,2,8H2,1H3/t13-,14+/m1/s1. The highest BCUT2D eigenvalue weighted by Gasteiger charge is 2.29. The van der Waals surface area contributed by atoms with Crippen molar-refractivity contribution in [3.63, 3.8) is 0 Å². The van der Waals surface area contributed by atoms with Gasteiger partial charge in [0.15, 0.2) is 11.6 Å². The fourth-order valence-corrected chi connectivity index (χ4v) is 2.65. The summed E-state index contributed by atoms with van der Waals surface area (Å²) in [5.41, 5.74) is 0.847. The SMILES string of the molecule is CCOC(=O)C[C@H](c1ccc(Cl)nc1)[C@@H](C#N)c1ccc(F)c(F)c1. The fraction of sp³-hybridized carbons (Fsp3) is 0.278. The number of halogens is 3. The summed E-state index contributed by atoms with van der Waals surface area (Å²) < 4.78 is 31.7. The molecule has 0 bridgehead atoms. The van der Waals surface area contributed by atoms with Crippen LogP contribution in [0.2, 0.25) is 5.15 Å². The summed E-state index contributed by atoms with van der Waals surface area (Å²) in [6.45, 7) is 1.88. The number of nitrogens with zero attached hydrogens (tertiary/aromatic N) is 2. The second kappa shape index (κ2) is 8.54. The van der Waals surface area contributed by atoms with Crippen molar-refractivity contribution in [1.82, 2.24) is 4.98 Å². The van der Waals surface area contributed by atoms with E-state index < -0.39 is 29.4 Å². The Labute approximate surface area is 149 Å². The minimum absolute atomic E-state index is 0.103. The average Bonchev–Trinajstić information content (AvgIpc) is 2.59. The highest BCUT2D eigenvalue weighted by Crippen LogP contribution is 2.36. The van der Waals surface area contributed by atoms with Crippen LogP contribution in [0, 0.1) is 23.0 Å². The van der Waals surface area contributed by atoms with E-state index in [0.29, 0.717) is 5.56 Å². The van der Waals surface area contributed by atoms with Crippen LogP contribution in [-0.2, 0) is 9.53 Å². The van der Waals surface area contributed by atoms with Crippen molar-refractivity contribution < 1.29 is 18.3 Å². The number of pyridine rings is 1. The number of ether oxygens (including phenoxy) is 1. The zero-order valence-corrected chi connectivity index (χ0v) is 14.1. The van der Waals surface area contributed by atoms with Gasteiger partial charge in [-0.25, -0.2) is 13.8 Å². The molecule has 130 valence electrons. The average molecular weight is 365 g/mol. The van der Waals surface area contributed by atoms with Crippen molar-refractivity contribution in [3.8, 4) is 6.07 Å². The van der Waals surface area contributed by atoms with Gasteiger partial charge >= 0.3 is 5.97 Å². The lowest BCUT2D eigenvalue weighted by atomic mass is 9.81. The molecular weight excluding hydrogens is 350 g/mol. The third-order valence-corrected chi connectivity index (χ3v) is 3.94. The fourth-order valence-electron chi connectivity index (χ4n) is 2.54. The Hall–Kier alpha value is -2.52. The van der Waals surface area contributed by atoms with E-state index in [-0.39, 0.29) is 23.7 Å². The van der Waals surface area contributed by atoms with E-state index in [1.807, 2.05) is 0 Å². The first-order chi connectivity index (χ1) is 12.0. The molecule has 1 heterocycles. The van der Waals surface area contributed by atoms with Gasteiger partial charge in [-0.3, -0.25) is 4.79 Å². The number of aromatic nitrogens is 1. The summed E-state index contributed by atoms with van der Waals surface area (Å²) in [5, 5.41) is 9.87. The molecule has 0 unspecified atom stereocenters. The van der Waals surface area contributed by atoms with Crippen LogP contribution in [0.15, 0.2) is 36.5 Å². The monoisotopic (exact) mass is 364 g/mol. The molecule has 1 aromatic heterocycles. The Balaban J connectivity index is 2.43. The molecular formula is C18H15ClF2N2O2. The molecule has 25 heavy (non-hydrogen) atoms. The quantitative estimate of drug-likeness (QED) is 0.564. The number of hydrogen-bond donors (Lipinski definition) is 0. The first kappa shape index (κ1) is 18.8. The maximum Gasteiger partial charge on any atom is 0.306 e. The van der Waals surface area contributed by atoms with E-state index in [0.717, 1.165) is 12.1 Å². The summed E-state index contributed by atoms with van der Waals surface area (Å²) >= 11 is 5.78. The van der Waals surface area contributed by atoms with Crippen LogP contribution >= 0.6 is 11.6 Å². The van der Waals surface area contributed by atoms with Crippen LogP contribution in [0.1, 0.15) is 36.3 Å². The van der Waals surface area contributed by atoms with Gasteiger partial charge in [-0.15, -0.1) is 0 Å². The highest BCUT2D eigenvalue weighted by molar-refractivity contribution is 6.29. The van der Waals surface area contributed by atoms with Crippen molar-refractivity contribution in [2.45, 2.75) is 25.2 Å². The smallest absolute Gasteiger partial charge is 0.306 e. The second-order valence-corrected chi connectivity index (χ2v) is 5.70. The maximum atomic E-state index is 13.6. The molecule has 0 N–H and O–H groups in total. The van der Waals surface area contributed by atoms with Crippen molar-refractivity contribution >= 4 is 17.6 Å². The van der Waals surface area contributed by atoms with Crippen LogP contribution in [0.3, 0.4) is 0 Å². The molecule has 2 aromatic rings. The van der Waals surface area contributed by atoms with Crippen LogP contribution in [0.4, 0.5) is 8.78 Å². The Morgan fingerprint density at radius 1 is 1.28 bits per heavy atom. The van der Waals surface area contributed by atoms with E-state index in [2.05, 4.69) is 11.1 Å². The number of benzene rings is 1. The first-order valence-corrected chi connectivity index (χ1v) is 7.95. The van der Waals surface area contributed by atoms with Crippen molar-refractivity contribution in [2.24, 2.45) is 0 Å². The Morgan fingerprint density at radius 2 is 2.00 bits per heavy atom. The lowest BCUT2D eigenvalue weighted by molar-refractivity contribution is -0.143. The van der Waals surface area contributed by atoms with Crippen molar-refractivity contribution in [3.05, 3.63) is 64.4 Å². The third-order valence-electron chi connectivity index (χ3n) is 3.71. The molecule has 0 radical (unpaired) electrons. The van der Waals surface area contributed by atoms with E-state index >= 15 is 0 Å². The maximum absolute atomic E-state index is 13.6. The highest BCUT2D eigenvalue weighted by atomic mass is 35.5. The van der Waals surface area contributed by atoms with Gasteiger partial charge in [0.05, 0.1) is 25.0 Å². The van der Waals surface area contributed by atoms with E-state index in [1.165, 1.54) is 18.3 Å². The summed E-state index contributed by atoms with van der Waals surface area (Å²) in [5.74, 6) is -4.08. The topological polar surface area (TPSA) is 63.0 Å². The summed E-state index contributed by atoms with van der Waals surface area (Å²) in [4.78, 5) is 15.9. The van der Waals surface area contributed by atoms with Gasteiger partial charge in [0.1, 0.15) is 5.15 Å². The minimum atomic E-state index is -1.05. The molecule has 2 rings (SSSR count). The molecule has 1 aromatic carbocycles. The molecule has 7 heteroatoms. The van der Waals surface area contributed by atoms with Gasteiger partial charge in [0, 0.05) is 12.1 Å². The van der Waals surface area contributed by atoms with E-state index in [4.69, 9.17) is 16.3 Å². The largest absolute Gasteiger partial charge is 0.466 e. The molecule has 0 saturated carbocycles. The van der Waals surface area contributed by atoms with E-state index in [1.54, 1.807) is 13.0 Å². The second-order valence-electron chi connectivity index (χ2n) is 5.31. The Kier molecular flexibility index (Phi) is 6.43. The predicted octanol–water partition coefficient (Wildman–Crippen LogP) is 4.36. The number of carbonyl (C=O) groups is 1. The van der Waals surface area contributed by atoms with Crippen LogP contribution in [-0.4, -0.2) is 17.6 Å². The number of carbonyl (C=O) groups excluding carboxylic acids is 1. The van der Waals surface area contributed by atoms with Gasteiger partial charge < -0.3 is 4.74 Å². The molecule has 4 nitrogen and oxygen atoms in total.